The fourth-order valence-corrected chi connectivity index (χ4v) is 2.24. The Morgan fingerprint density at radius 1 is 1.36 bits per heavy atom. The molecule has 6 nitrogen and oxygen atoms in total. The van der Waals surface area contributed by atoms with E-state index in [2.05, 4.69) is 23.6 Å². The van der Waals surface area contributed by atoms with E-state index in [1.54, 1.807) is 18.2 Å². The van der Waals surface area contributed by atoms with Gasteiger partial charge in [0.05, 0.1) is 11.3 Å². The van der Waals surface area contributed by atoms with E-state index in [0.717, 1.165) is 19.3 Å². The van der Waals surface area contributed by atoms with Crippen LogP contribution in [-0.2, 0) is 4.79 Å². The molecule has 6 heteroatoms. The van der Waals surface area contributed by atoms with Gasteiger partial charge in [0.15, 0.2) is 5.75 Å². The smallest absolute Gasteiger partial charge is 0.224 e. The lowest BCUT2D eigenvalue weighted by atomic mass is 10.1. The van der Waals surface area contributed by atoms with Crippen LogP contribution in [0, 0.1) is 11.3 Å². The Balaban J connectivity index is 2.73. The van der Waals surface area contributed by atoms with Crippen molar-refractivity contribution in [1.82, 2.24) is 5.32 Å². The number of rotatable bonds is 11. The molecular weight excluding hydrogens is 318 g/mol. The average Bonchev–Trinajstić information content (AvgIpc) is 2.58. The molecule has 1 unspecified atom stereocenters. The van der Waals surface area contributed by atoms with Gasteiger partial charge in [-0.2, -0.15) is 5.26 Å². The van der Waals surface area contributed by atoms with Crippen LogP contribution >= 0.6 is 0 Å². The second-order valence-corrected chi connectivity index (χ2v) is 6.33. The van der Waals surface area contributed by atoms with Crippen molar-refractivity contribution in [3.63, 3.8) is 0 Å². The minimum absolute atomic E-state index is 0.0388. The number of para-hydroxylation sites is 1. The van der Waals surface area contributed by atoms with Gasteiger partial charge in [0.2, 0.25) is 5.91 Å². The number of aliphatic hydroxyl groups is 1. The number of hydrogen-bond donors (Lipinski definition) is 3. The number of unbranched alkanes of at least 4 members (excludes halogenated alkanes) is 2. The maximum absolute atomic E-state index is 12.0. The second kappa shape index (κ2) is 11.5. The first kappa shape index (κ1) is 20.9. The quantitative estimate of drug-likeness (QED) is 0.535. The molecule has 1 amide bonds. The normalized spacial score (nSPS) is 11.8. The van der Waals surface area contributed by atoms with E-state index < -0.39 is 6.10 Å². The maximum Gasteiger partial charge on any atom is 0.224 e. The zero-order valence-corrected chi connectivity index (χ0v) is 15.3. The molecule has 3 N–H and O–H groups in total. The van der Waals surface area contributed by atoms with Crippen LogP contribution in [0.1, 0.15) is 52.0 Å². The molecule has 1 atom stereocenters. The highest BCUT2D eigenvalue weighted by atomic mass is 16.5. The Kier molecular flexibility index (Phi) is 9.60. The van der Waals surface area contributed by atoms with Crippen molar-refractivity contribution in [1.29, 1.82) is 5.26 Å². The van der Waals surface area contributed by atoms with Gasteiger partial charge in [0.1, 0.15) is 18.8 Å². The first-order valence-corrected chi connectivity index (χ1v) is 8.85. The van der Waals surface area contributed by atoms with Crippen LogP contribution in [0.5, 0.6) is 5.75 Å². The van der Waals surface area contributed by atoms with Crippen molar-refractivity contribution < 1.29 is 14.6 Å². The number of benzene rings is 1. The summed E-state index contributed by atoms with van der Waals surface area (Å²) in [5.41, 5.74) is 0.792. The Morgan fingerprint density at radius 2 is 2.12 bits per heavy atom. The number of aliphatic hydroxyl groups excluding tert-OH is 1. The van der Waals surface area contributed by atoms with Crippen molar-refractivity contribution in [3.05, 3.63) is 23.8 Å². The predicted octanol–water partition coefficient (Wildman–Crippen LogP) is 2.81. The third-order valence-electron chi connectivity index (χ3n) is 3.60. The maximum atomic E-state index is 12.0. The first-order valence-electron chi connectivity index (χ1n) is 8.85. The van der Waals surface area contributed by atoms with Gasteiger partial charge >= 0.3 is 0 Å². The van der Waals surface area contributed by atoms with Crippen LogP contribution in [0.15, 0.2) is 18.2 Å². The molecule has 0 fully saturated rings. The number of anilines is 1. The number of ether oxygens (including phenoxy) is 1. The molecule has 1 aromatic rings. The van der Waals surface area contributed by atoms with Crippen molar-refractivity contribution in [2.24, 2.45) is 0 Å². The monoisotopic (exact) mass is 347 g/mol. The number of hydrogen-bond acceptors (Lipinski definition) is 5. The lowest BCUT2D eigenvalue weighted by Crippen LogP contribution is -2.35. The molecule has 0 aliphatic carbocycles. The molecular formula is C19H29N3O3. The van der Waals surface area contributed by atoms with E-state index in [0.29, 0.717) is 30.0 Å². The van der Waals surface area contributed by atoms with Crippen LogP contribution in [0.3, 0.4) is 0 Å². The van der Waals surface area contributed by atoms with Gasteiger partial charge in [0, 0.05) is 19.0 Å². The Bertz CT molecular complexity index is 582. The number of carbonyl (C=O) groups excluding carboxylic acids is 1. The summed E-state index contributed by atoms with van der Waals surface area (Å²) in [5, 5.41) is 25.2. The molecule has 1 rings (SSSR count). The zero-order chi connectivity index (χ0) is 18.7. The van der Waals surface area contributed by atoms with Gasteiger partial charge in [-0.3, -0.25) is 4.79 Å². The summed E-state index contributed by atoms with van der Waals surface area (Å²) < 4.78 is 5.65. The highest BCUT2D eigenvalue weighted by molar-refractivity contribution is 5.92. The molecule has 0 aliphatic heterocycles. The van der Waals surface area contributed by atoms with Gasteiger partial charge in [-0.05, 0) is 18.6 Å². The molecule has 1 aromatic carbocycles. The summed E-state index contributed by atoms with van der Waals surface area (Å²) in [5.74, 6) is 0.202. The minimum Gasteiger partial charge on any atom is -0.487 e. The topological polar surface area (TPSA) is 94.4 Å². The van der Waals surface area contributed by atoms with E-state index in [4.69, 9.17) is 4.74 Å². The number of carbonyl (C=O) groups is 1. The molecule has 0 saturated carbocycles. The van der Waals surface area contributed by atoms with Crippen molar-refractivity contribution in [2.75, 3.05) is 18.5 Å². The highest BCUT2D eigenvalue weighted by Gasteiger charge is 2.14. The van der Waals surface area contributed by atoms with Gasteiger partial charge in [-0.25, -0.2) is 0 Å². The van der Waals surface area contributed by atoms with Crippen LogP contribution in [0.2, 0.25) is 0 Å². The molecule has 0 aromatic heterocycles. The van der Waals surface area contributed by atoms with Gasteiger partial charge in [-0.1, -0.05) is 39.7 Å². The lowest BCUT2D eigenvalue weighted by Gasteiger charge is -2.18. The minimum atomic E-state index is -0.706. The summed E-state index contributed by atoms with van der Waals surface area (Å²) in [6, 6.07) is 7.35. The van der Waals surface area contributed by atoms with E-state index in [1.165, 1.54) is 0 Å². The molecule has 25 heavy (non-hydrogen) atoms. The van der Waals surface area contributed by atoms with Gasteiger partial charge in [-0.15, -0.1) is 0 Å². The molecule has 0 saturated heterocycles. The fraction of sp³-hybridized carbons (Fsp3) is 0.579. The SMILES string of the molecule is CCCCCC(=O)Nc1cccc(C#N)c1OCC(O)CNC(C)C. The van der Waals surface area contributed by atoms with Gasteiger partial charge < -0.3 is 20.5 Å². The summed E-state index contributed by atoms with van der Waals surface area (Å²) in [4.78, 5) is 12.0. The van der Waals surface area contributed by atoms with Crippen molar-refractivity contribution >= 4 is 11.6 Å². The molecule has 0 heterocycles. The fourth-order valence-electron chi connectivity index (χ4n) is 2.24. The van der Waals surface area contributed by atoms with E-state index in [1.807, 2.05) is 13.8 Å². The van der Waals surface area contributed by atoms with Crippen LogP contribution < -0.4 is 15.4 Å². The number of nitrogens with zero attached hydrogens (tertiary/aromatic N) is 1. The average molecular weight is 347 g/mol. The highest BCUT2D eigenvalue weighted by Crippen LogP contribution is 2.29. The first-order chi connectivity index (χ1) is 12.0. The largest absolute Gasteiger partial charge is 0.487 e. The van der Waals surface area contributed by atoms with Crippen molar-refractivity contribution in [2.45, 2.75) is 58.6 Å². The molecule has 0 spiro atoms. The lowest BCUT2D eigenvalue weighted by molar-refractivity contribution is -0.116. The summed E-state index contributed by atoms with van der Waals surface area (Å²) in [6.45, 7) is 6.50. The third-order valence-corrected chi connectivity index (χ3v) is 3.60. The number of nitriles is 1. The zero-order valence-electron chi connectivity index (χ0n) is 15.3. The molecule has 0 bridgehead atoms. The molecule has 0 aliphatic rings. The van der Waals surface area contributed by atoms with Crippen LogP contribution in [0.25, 0.3) is 0 Å². The van der Waals surface area contributed by atoms with Gasteiger partial charge in [0.25, 0.3) is 0 Å². The molecule has 0 radical (unpaired) electrons. The van der Waals surface area contributed by atoms with E-state index in [9.17, 15) is 15.2 Å². The summed E-state index contributed by atoms with van der Waals surface area (Å²) in [7, 11) is 0. The number of amides is 1. The Hall–Kier alpha value is -2.10. The summed E-state index contributed by atoms with van der Waals surface area (Å²) >= 11 is 0. The van der Waals surface area contributed by atoms with Crippen molar-refractivity contribution in [3.8, 4) is 11.8 Å². The van der Waals surface area contributed by atoms with Crippen LogP contribution in [0.4, 0.5) is 5.69 Å². The van der Waals surface area contributed by atoms with E-state index in [-0.39, 0.29) is 18.6 Å². The summed E-state index contributed by atoms with van der Waals surface area (Å²) in [6.07, 6.45) is 2.61. The molecule has 138 valence electrons. The third kappa shape index (κ3) is 8.01. The standard InChI is InChI=1S/C19H29N3O3/c1-4-5-6-10-18(24)22-17-9-7-8-15(11-20)19(17)25-13-16(23)12-21-14(2)3/h7-9,14,16,21,23H,4-6,10,12-13H2,1-3H3,(H,22,24). The predicted molar refractivity (Wildman–Crippen MR) is 98.6 cm³/mol. The Labute approximate surface area is 150 Å². The second-order valence-electron chi connectivity index (χ2n) is 6.33. The van der Waals surface area contributed by atoms with Crippen LogP contribution in [-0.4, -0.2) is 36.3 Å². The Morgan fingerprint density at radius 3 is 2.76 bits per heavy atom. The van der Waals surface area contributed by atoms with E-state index >= 15 is 0 Å². The number of nitrogens with one attached hydrogen (secondary N) is 2.